The van der Waals surface area contributed by atoms with Gasteiger partial charge >= 0.3 is 0 Å². The van der Waals surface area contributed by atoms with Crippen LogP contribution in [0.1, 0.15) is 12.6 Å². The summed E-state index contributed by atoms with van der Waals surface area (Å²) in [6, 6.07) is 4.30. The van der Waals surface area contributed by atoms with Crippen molar-refractivity contribution >= 4 is 17.3 Å². The molecule has 0 radical (unpaired) electrons. The van der Waals surface area contributed by atoms with E-state index in [9.17, 15) is 0 Å². The van der Waals surface area contributed by atoms with Gasteiger partial charge in [-0.1, -0.05) is 0 Å². The van der Waals surface area contributed by atoms with Gasteiger partial charge in [-0.15, -0.1) is 0 Å². The first-order chi connectivity index (χ1) is 7.63. The van der Waals surface area contributed by atoms with Crippen LogP contribution in [0, 0.1) is 0 Å². The maximum absolute atomic E-state index is 5.17. The Morgan fingerprint density at radius 1 is 1.62 bits per heavy atom. The van der Waals surface area contributed by atoms with E-state index in [1.807, 2.05) is 26.2 Å². The Labute approximate surface area is 102 Å². The van der Waals surface area contributed by atoms with Crippen LogP contribution < -0.4 is 10.6 Å². The second-order valence-electron chi connectivity index (χ2n) is 3.79. The van der Waals surface area contributed by atoms with Gasteiger partial charge < -0.3 is 19.9 Å². The summed E-state index contributed by atoms with van der Waals surface area (Å²) in [6.07, 6.45) is 2.01. The first kappa shape index (κ1) is 13.0. The molecule has 1 aromatic heterocycles. The van der Waals surface area contributed by atoms with Gasteiger partial charge in [0.15, 0.2) is 5.11 Å². The van der Waals surface area contributed by atoms with Gasteiger partial charge in [-0.05, 0) is 31.3 Å². The number of rotatable bonds is 5. The third kappa shape index (κ3) is 4.20. The monoisotopic (exact) mass is 241 g/mol. The predicted octanol–water partition coefficient (Wildman–Crippen LogP) is 1.02. The van der Waals surface area contributed by atoms with Crippen molar-refractivity contribution in [1.82, 2.24) is 15.2 Å². The predicted molar refractivity (Wildman–Crippen MR) is 69.3 cm³/mol. The minimum atomic E-state index is 0.221. The van der Waals surface area contributed by atoms with E-state index < -0.39 is 0 Å². The lowest BCUT2D eigenvalue weighted by Crippen LogP contribution is -2.42. The van der Waals surface area contributed by atoms with Crippen LogP contribution in [-0.4, -0.2) is 29.4 Å². The van der Waals surface area contributed by atoms with Gasteiger partial charge in [0.2, 0.25) is 0 Å². The van der Waals surface area contributed by atoms with Crippen molar-refractivity contribution in [2.24, 2.45) is 7.05 Å². The Morgan fingerprint density at radius 2 is 2.38 bits per heavy atom. The molecule has 0 aliphatic rings. The van der Waals surface area contributed by atoms with Crippen molar-refractivity contribution in [2.45, 2.75) is 19.5 Å². The zero-order chi connectivity index (χ0) is 12.0. The second kappa shape index (κ2) is 6.50. The van der Waals surface area contributed by atoms with Crippen molar-refractivity contribution in [1.29, 1.82) is 0 Å². The summed E-state index contributed by atoms with van der Waals surface area (Å²) in [4.78, 5) is 0. The van der Waals surface area contributed by atoms with E-state index in [0.717, 1.165) is 6.54 Å². The number of ether oxygens (including phenoxy) is 1. The second-order valence-corrected chi connectivity index (χ2v) is 4.20. The van der Waals surface area contributed by atoms with Crippen LogP contribution >= 0.6 is 12.2 Å². The largest absolute Gasteiger partial charge is 0.383 e. The van der Waals surface area contributed by atoms with E-state index in [2.05, 4.69) is 21.3 Å². The number of aromatic nitrogens is 1. The van der Waals surface area contributed by atoms with E-state index in [-0.39, 0.29) is 6.04 Å². The molecule has 0 saturated heterocycles. The normalized spacial score (nSPS) is 12.2. The Kier molecular flexibility index (Phi) is 5.28. The Bertz CT molecular complexity index is 338. The lowest BCUT2D eigenvalue weighted by molar-refractivity contribution is 0.179. The van der Waals surface area contributed by atoms with E-state index in [0.29, 0.717) is 11.7 Å². The summed E-state index contributed by atoms with van der Waals surface area (Å²) < 4.78 is 7.08. The molecule has 4 nitrogen and oxygen atoms in total. The van der Waals surface area contributed by atoms with Crippen molar-refractivity contribution in [3.8, 4) is 0 Å². The Balaban J connectivity index is 2.28. The van der Waals surface area contributed by atoms with Gasteiger partial charge in [0.25, 0.3) is 0 Å². The van der Waals surface area contributed by atoms with E-state index in [4.69, 9.17) is 17.0 Å². The average molecular weight is 241 g/mol. The highest BCUT2D eigenvalue weighted by atomic mass is 32.1. The van der Waals surface area contributed by atoms with Gasteiger partial charge in [0.05, 0.1) is 13.2 Å². The molecule has 1 rings (SSSR count). The maximum Gasteiger partial charge on any atom is 0.166 e. The van der Waals surface area contributed by atoms with Crippen LogP contribution in [0.3, 0.4) is 0 Å². The first-order valence-electron chi connectivity index (χ1n) is 5.27. The molecule has 1 heterocycles. The third-order valence-corrected chi connectivity index (χ3v) is 2.54. The van der Waals surface area contributed by atoms with Crippen LogP contribution in [0.4, 0.5) is 0 Å². The molecule has 1 aromatic rings. The molecule has 0 saturated carbocycles. The molecule has 5 heteroatoms. The molecule has 0 aliphatic carbocycles. The molecular weight excluding hydrogens is 222 g/mol. The molecule has 16 heavy (non-hydrogen) atoms. The summed E-state index contributed by atoms with van der Waals surface area (Å²) >= 11 is 5.17. The molecule has 1 atom stereocenters. The standard InChI is InChI=1S/C11H19N3OS/c1-9(8-15-3)13-11(16)12-7-10-5-4-6-14(10)2/h4-6,9H,7-8H2,1-3H3,(H2,12,13,16). The summed E-state index contributed by atoms with van der Waals surface area (Å²) in [5.41, 5.74) is 1.20. The smallest absolute Gasteiger partial charge is 0.166 e. The molecule has 0 spiro atoms. The maximum atomic E-state index is 5.17. The fourth-order valence-electron chi connectivity index (χ4n) is 1.42. The summed E-state index contributed by atoms with van der Waals surface area (Å²) in [5, 5.41) is 6.97. The van der Waals surface area contributed by atoms with Crippen molar-refractivity contribution < 1.29 is 4.74 Å². The molecule has 90 valence electrons. The van der Waals surface area contributed by atoms with Crippen LogP contribution in [0.5, 0.6) is 0 Å². The molecule has 0 amide bonds. The van der Waals surface area contributed by atoms with Crippen molar-refractivity contribution in [3.05, 3.63) is 24.0 Å². The minimum absolute atomic E-state index is 0.221. The van der Waals surface area contributed by atoms with Crippen molar-refractivity contribution in [3.63, 3.8) is 0 Å². The molecular formula is C11H19N3OS. The van der Waals surface area contributed by atoms with E-state index in [1.165, 1.54) is 5.69 Å². The topological polar surface area (TPSA) is 38.2 Å². The lowest BCUT2D eigenvalue weighted by atomic mass is 10.4. The van der Waals surface area contributed by atoms with Gasteiger partial charge in [0, 0.05) is 32.1 Å². The highest BCUT2D eigenvalue weighted by Crippen LogP contribution is 1.98. The van der Waals surface area contributed by atoms with Gasteiger partial charge in [-0.3, -0.25) is 0 Å². The highest BCUT2D eigenvalue weighted by molar-refractivity contribution is 7.80. The first-order valence-corrected chi connectivity index (χ1v) is 5.68. The molecule has 1 unspecified atom stereocenters. The van der Waals surface area contributed by atoms with Crippen LogP contribution in [0.25, 0.3) is 0 Å². The fourth-order valence-corrected chi connectivity index (χ4v) is 1.69. The average Bonchev–Trinajstić information content (AvgIpc) is 2.61. The molecule has 0 fully saturated rings. The Hall–Kier alpha value is -1.07. The molecule has 2 N–H and O–H groups in total. The number of thiocarbonyl (C=S) groups is 1. The number of hydrogen-bond donors (Lipinski definition) is 2. The molecule has 0 bridgehead atoms. The van der Waals surface area contributed by atoms with Gasteiger partial charge in [0.1, 0.15) is 0 Å². The van der Waals surface area contributed by atoms with Crippen molar-refractivity contribution in [2.75, 3.05) is 13.7 Å². The number of hydrogen-bond acceptors (Lipinski definition) is 2. The van der Waals surface area contributed by atoms with Crippen LogP contribution in [0.15, 0.2) is 18.3 Å². The van der Waals surface area contributed by atoms with Crippen LogP contribution in [-0.2, 0) is 18.3 Å². The Morgan fingerprint density at radius 3 is 2.94 bits per heavy atom. The van der Waals surface area contributed by atoms with Gasteiger partial charge in [-0.25, -0.2) is 0 Å². The number of nitrogens with one attached hydrogen (secondary N) is 2. The highest BCUT2D eigenvalue weighted by Gasteiger charge is 2.03. The van der Waals surface area contributed by atoms with E-state index in [1.54, 1.807) is 7.11 Å². The number of nitrogens with zero attached hydrogens (tertiary/aromatic N) is 1. The van der Waals surface area contributed by atoms with Crippen LogP contribution in [0.2, 0.25) is 0 Å². The number of methoxy groups -OCH3 is 1. The zero-order valence-electron chi connectivity index (χ0n) is 9.99. The summed E-state index contributed by atoms with van der Waals surface area (Å²) in [5.74, 6) is 0. The lowest BCUT2D eigenvalue weighted by Gasteiger charge is -2.16. The van der Waals surface area contributed by atoms with Gasteiger partial charge in [-0.2, -0.15) is 0 Å². The summed E-state index contributed by atoms with van der Waals surface area (Å²) in [7, 11) is 3.69. The molecule has 0 aromatic carbocycles. The molecule has 0 aliphatic heterocycles. The fraction of sp³-hybridized carbons (Fsp3) is 0.545. The summed E-state index contributed by atoms with van der Waals surface area (Å²) in [6.45, 7) is 3.40. The third-order valence-electron chi connectivity index (χ3n) is 2.28. The quantitative estimate of drug-likeness (QED) is 0.755. The number of aryl methyl sites for hydroxylation is 1. The zero-order valence-corrected chi connectivity index (χ0v) is 10.8. The van der Waals surface area contributed by atoms with E-state index >= 15 is 0 Å². The SMILES string of the molecule is COCC(C)NC(=S)NCc1cccn1C. The minimum Gasteiger partial charge on any atom is -0.383 e.